The molecule has 10 nitrogen and oxygen atoms in total. The number of benzene rings is 1. The van der Waals surface area contributed by atoms with Crippen LogP contribution in [-0.4, -0.2) is 53.9 Å². The molecule has 1 aromatic rings. The quantitative estimate of drug-likeness (QED) is 0.468. The second-order valence-electron chi connectivity index (χ2n) is 7.28. The van der Waals surface area contributed by atoms with Crippen molar-refractivity contribution in [3.05, 3.63) is 35.9 Å². The van der Waals surface area contributed by atoms with Gasteiger partial charge in [-0.05, 0) is 12.8 Å². The van der Waals surface area contributed by atoms with Crippen LogP contribution < -0.4 is 16.0 Å². The van der Waals surface area contributed by atoms with E-state index in [9.17, 15) is 24.0 Å². The van der Waals surface area contributed by atoms with E-state index in [0.717, 1.165) is 17.7 Å². The Labute approximate surface area is 173 Å². The highest BCUT2D eigenvalue weighted by Gasteiger charge is 2.52. The first kappa shape index (κ1) is 21.3. The fourth-order valence-electron chi connectivity index (χ4n) is 3.73. The van der Waals surface area contributed by atoms with Crippen molar-refractivity contribution in [2.45, 2.75) is 43.7 Å². The predicted octanol–water partition coefficient (Wildman–Crippen LogP) is 0.981. The molecule has 1 saturated carbocycles. The normalized spacial score (nSPS) is 18.1. The summed E-state index contributed by atoms with van der Waals surface area (Å²) in [7, 11) is 1.35. The number of hydrogen-bond donors (Lipinski definition) is 3. The van der Waals surface area contributed by atoms with Crippen molar-refractivity contribution in [1.82, 2.24) is 20.9 Å². The van der Waals surface area contributed by atoms with Gasteiger partial charge >= 0.3 is 18.0 Å². The summed E-state index contributed by atoms with van der Waals surface area (Å²) in [6.45, 7) is -0.149. The summed E-state index contributed by atoms with van der Waals surface area (Å²) < 4.78 is 5.29. The number of urea groups is 2. The van der Waals surface area contributed by atoms with E-state index in [1.807, 2.05) is 0 Å². The van der Waals surface area contributed by atoms with Crippen LogP contribution in [-0.2, 0) is 19.1 Å². The van der Waals surface area contributed by atoms with Gasteiger partial charge in [-0.2, -0.15) is 0 Å². The van der Waals surface area contributed by atoms with Crippen LogP contribution in [0.15, 0.2) is 30.3 Å². The summed E-state index contributed by atoms with van der Waals surface area (Å²) in [4.78, 5) is 62.1. The lowest BCUT2D eigenvalue weighted by Gasteiger charge is -2.20. The number of nitrogens with zero attached hydrogens (tertiary/aromatic N) is 1. The van der Waals surface area contributed by atoms with Crippen molar-refractivity contribution in [3.63, 3.8) is 0 Å². The summed E-state index contributed by atoms with van der Waals surface area (Å²) in [6, 6.07) is 6.97. The molecule has 1 aliphatic carbocycles. The number of ether oxygens (including phenoxy) is 1. The number of amides is 6. The second kappa shape index (κ2) is 8.93. The van der Waals surface area contributed by atoms with Gasteiger partial charge in [0.15, 0.2) is 0 Å². The van der Waals surface area contributed by atoms with Gasteiger partial charge in [-0.1, -0.05) is 43.2 Å². The van der Waals surface area contributed by atoms with Crippen LogP contribution in [0.25, 0.3) is 0 Å². The molecule has 1 atom stereocenters. The van der Waals surface area contributed by atoms with E-state index in [-0.39, 0.29) is 18.9 Å². The molecule has 30 heavy (non-hydrogen) atoms. The molecule has 1 spiro atoms. The molecule has 2 aliphatic rings. The maximum Gasteiger partial charge on any atom is 0.325 e. The van der Waals surface area contributed by atoms with Crippen molar-refractivity contribution in [2.24, 2.45) is 0 Å². The van der Waals surface area contributed by atoms with Crippen LogP contribution in [0.4, 0.5) is 9.59 Å². The first-order valence-electron chi connectivity index (χ1n) is 9.77. The Balaban J connectivity index is 1.63. The van der Waals surface area contributed by atoms with Crippen LogP contribution in [0.5, 0.6) is 0 Å². The van der Waals surface area contributed by atoms with Crippen LogP contribution in [0.2, 0.25) is 0 Å². The SMILES string of the molecule is CNC(=O)NC(=O)[C@H](OC(=O)CCN1C(=O)NC2(CCCC2)C1=O)c1ccccc1. The van der Waals surface area contributed by atoms with Crippen LogP contribution in [0.1, 0.15) is 43.8 Å². The maximum atomic E-state index is 12.6. The molecule has 10 heteroatoms. The molecule has 160 valence electrons. The number of carbonyl (C=O) groups excluding carboxylic acids is 5. The van der Waals surface area contributed by atoms with Gasteiger partial charge in [-0.15, -0.1) is 0 Å². The summed E-state index contributed by atoms with van der Waals surface area (Å²) in [5.74, 6) is -1.91. The van der Waals surface area contributed by atoms with Gasteiger partial charge in [-0.25, -0.2) is 9.59 Å². The number of imide groups is 2. The molecular weight excluding hydrogens is 392 g/mol. The predicted molar refractivity (Wildman–Crippen MR) is 104 cm³/mol. The fraction of sp³-hybridized carbons (Fsp3) is 0.450. The van der Waals surface area contributed by atoms with Crippen molar-refractivity contribution in [1.29, 1.82) is 0 Å². The van der Waals surface area contributed by atoms with E-state index >= 15 is 0 Å². The summed E-state index contributed by atoms with van der Waals surface area (Å²) in [5, 5.41) is 7.08. The Hall–Kier alpha value is -3.43. The van der Waals surface area contributed by atoms with E-state index in [4.69, 9.17) is 4.74 Å². The Morgan fingerprint density at radius 1 is 1.17 bits per heavy atom. The molecular formula is C20H24N4O6. The lowest BCUT2D eigenvalue weighted by Crippen LogP contribution is -2.44. The standard InChI is InChI=1S/C20H24N4O6/c1-21-18(28)22-16(26)15(13-7-3-2-4-8-13)30-14(25)9-12-24-17(27)20(23-19(24)29)10-5-6-11-20/h2-4,7-8,15H,5-6,9-12H2,1H3,(H,23,29)(H2,21,22,26,28)/t15-/m1/s1. The van der Waals surface area contributed by atoms with Gasteiger partial charge in [-0.3, -0.25) is 24.6 Å². The molecule has 3 N–H and O–H groups in total. The highest BCUT2D eigenvalue weighted by Crippen LogP contribution is 2.35. The Bertz CT molecular complexity index is 850. The Morgan fingerprint density at radius 3 is 2.47 bits per heavy atom. The zero-order valence-electron chi connectivity index (χ0n) is 16.6. The van der Waals surface area contributed by atoms with Gasteiger partial charge in [0, 0.05) is 19.2 Å². The smallest absolute Gasteiger partial charge is 0.325 e. The Kier molecular flexibility index (Phi) is 6.34. The van der Waals surface area contributed by atoms with E-state index in [2.05, 4.69) is 16.0 Å². The van der Waals surface area contributed by atoms with Crippen molar-refractivity contribution in [2.75, 3.05) is 13.6 Å². The minimum Gasteiger partial charge on any atom is -0.447 e. The number of hydrogen-bond acceptors (Lipinski definition) is 6. The van der Waals surface area contributed by atoms with E-state index in [0.29, 0.717) is 18.4 Å². The van der Waals surface area contributed by atoms with E-state index in [1.54, 1.807) is 30.3 Å². The molecule has 3 rings (SSSR count). The lowest BCUT2D eigenvalue weighted by molar-refractivity contribution is -0.156. The van der Waals surface area contributed by atoms with Gasteiger partial charge in [0.05, 0.1) is 6.42 Å². The molecule has 6 amide bonds. The van der Waals surface area contributed by atoms with Crippen LogP contribution >= 0.6 is 0 Å². The Morgan fingerprint density at radius 2 is 1.83 bits per heavy atom. The maximum absolute atomic E-state index is 12.6. The molecule has 1 aromatic carbocycles. The molecule has 1 heterocycles. The summed E-state index contributed by atoms with van der Waals surface area (Å²) in [5.41, 5.74) is -0.465. The largest absolute Gasteiger partial charge is 0.447 e. The average Bonchev–Trinajstić information content (AvgIpc) is 3.30. The highest BCUT2D eigenvalue weighted by molar-refractivity contribution is 6.07. The van der Waals surface area contributed by atoms with Crippen molar-refractivity contribution in [3.8, 4) is 0 Å². The summed E-state index contributed by atoms with van der Waals surface area (Å²) in [6.07, 6.45) is 1.29. The molecule has 0 radical (unpaired) electrons. The molecule has 0 aromatic heterocycles. The zero-order valence-corrected chi connectivity index (χ0v) is 16.6. The molecule has 2 fully saturated rings. The van der Waals surface area contributed by atoms with E-state index in [1.165, 1.54) is 7.05 Å². The number of carbonyl (C=O) groups is 5. The molecule has 1 aliphatic heterocycles. The number of nitrogens with one attached hydrogen (secondary N) is 3. The lowest BCUT2D eigenvalue weighted by atomic mass is 9.98. The number of esters is 1. The van der Waals surface area contributed by atoms with Gasteiger partial charge < -0.3 is 15.4 Å². The first-order valence-corrected chi connectivity index (χ1v) is 9.77. The first-order chi connectivity index (χ1) is 14.4. The van der Waals surface area contributed by atoms with Gasteiger partial charge in [0.1, 0.15) is 5.54 Å². The summed E-state index contributed by atoms with van der Waals surface area (Å²) >= 11 is 0. The van der Waals surface area contributed by atoms with Crippen molar-refractivity contribution < 1.29 is 28.7 Å². The van der Waals surface area contributed by atoms with Crippen LogP contribution in [0, 0.1) is 0 Å². The van der Waals surface area contributed by atoms with Gasteiger partial charge in [0.25, 0.3) is 11.8 Å². The number of rotatable bonds is 6. The molecule has 0 unspecified atom stereocenters. The van der Waals surface area contributed by atoms with Crippen LogP contribution in [0.3, 0.4) is 0 Å². The third-order valence-corrected chi connectivity index (χ3v) is 5.30. The average molecular weight is 416 g/mol. The fourth-order valence-corrected chi connectivity index (χ4v) is 3.73. The second-order valence-corrected chi connectivity index (χ2v) is 7.28. The third-order valence-electron chi connectivity index (χ3n) is 5.30. The van der Waals surface area contributed by atoms with Gasteiger partial charge in [0.2, 0.25) is 6.10 Å². The zero-order chi connectivity index (χ0) is 21.7. The topological polar surface area (TPSA) is 134 Å². The monoisotopic (exact) mass is 416 g/mol. The van der Waals surface area contributed by atoms with Crippen molar-refractivity contribution >= 4 is 29.8 Å². The third kappa shape index (κ3) is 4.42. The van der Waals surface area contributed by atoms with E-state index < -0.39 is 35.6 Å². The minimum atomic E-state index is -1.35. The molecule has 0 bridgehead atoms. The minimum absolute atomic E-state index is 0.149. The molecule has 1 saturated heterocycles. The highest BCUT2D eigenvalue weighted by atomic mass is 16.5.